The molecule has 0 atom stereocenters. The Balaban J connectivity index is 1.81. The maximum atomic E-state index is 12.2. The topological polar surface area (TPSA) is 102 Å². The third kappa shape index (κ3) is 4.06. The molecule has 1 amide bonds. The fraction of sp³-hybridized carbons (Fsp3) is 0.250. The number of benzene rings is 1. The van der Waals surface area contributed by atoms with Crippen molar-refractivity contribution >= 4 is 28.7 Å². The van der Waals surface area contributed by atoms with E-state index in [0.29, 0.717) is 29.3 Å². The fourth-order valence-corrected chi connectivity index (χ4v) is 2.89. The number of hydrogen-bond donors (Lipinski definition) is 2. The van der Waals surface area contributed by atoms with Crippen molar-refractivity contribution < 1.29 is 9.53 Å². The number of ether oxygens (including phenoxy) is 1. The van der Waals surface area contributed by atoms with Gasteiger partial charge in [0.05, 0.1) is 24.2 Å². The van der Waals surface area contributed by atoms with Crippen molar-refractivity contribution in [3.63, 3.8) is 0 Å². The van der Waals surface area contributed by atoms with Crippen molar-refractivity contribution in [2.45, 2.75) is 5.16 Å². The number of aromatic nitrogens is 4. The first kappa shape index (κ1) is 17.2. The van der Waals surface area contributed by atoms with Crippen molar-refractivity contribution in [2.75, 3.05) is 26.0 Å². The summed E-state index contributed by atoms with van der Waals surface area (Å²) in [5.74, 6) is -0.00108. The number of nitrogens with one attached hydrogen (secondary N) is 2. The summed E-state index contributed by atoms with van der Waals surface area (Å²) in [5, 5.41) is 7.73. The summed E-state index contributed by atoms with van der Waals surface area (Å²) in [5.41, 5.74) is 0.982. The molecule has 0 unspecified atom stereocenters. The molecule has 25 heavy (non-hydrogen) atoms. The molecule has 3 rings (SSSR count). The van der Waals surface area contributed by atoms with Gasteiger partial charge in [-0.05, 0) is 12.1 Å². The summed E-state index contributed by atoms with van der Waals surface area (Å²) < 4.78 is 6.48. The van der Waals surface area contributed by atoms with Gasteiger partial charge in [0.15, 0.2) is 10.8 Å². The Morgan fingerprint density at radius 3 is 2.92 bits per heavy atom. The molecule has 2 N–H and O–H groups in total. The van der Waals surface area contributed by atoms with Crippen LogP contribution in [0.25, 0.3) is 16.7 Å². The maximum absolute atomic E-state index is 12.2. The number of carbonyl (C=O) groups is 1. The monoisotopic (exact) mass is 359 g/mol. The highest BCUT2D eigenvalue weighted by molar-refractivity contribution is 7.99. The molecule has 0 saturated heterocycles. The molecule has 0 spiro atoms. The smallest absolute Gasteiger partial charge is 0.262 e. The summed E-state index contributed by atoms with van der Waals surface area (Å²) in [6.45, 7) is 0.896. The van der Waals surface area contributed by atoms with E-state index in [1.165, 1.54) is 6.20 Å². The van der Waals surface area contributed by atoms with Gasteiger partial charge < -0.3 is 15.0 Å². The van der Waals surface area contributed by atoms with Crippen molar-refractivity contribution in [2.24, 2.45) is 0 Å². The Morgan fingerprint density at radius 1 is 1.36 bits per heavy atom. The molecule has 0 aliphatic carbocycles. The first-order valence-electron chi connectivity index (χ1n) is 7.61. The fourth-order valence-electron chi connectivity index (χ4n) is 2.20. The number of hydrogen-bond acceptors (Lipinski definition) is 6. The van der Waals surface area contributed by atoms with Crippen LogP contribution in [0.4, 0.5) is 0 Å². The van der Waals surface area contributed by atoms with Crippen LogP contribution in [-0.4, -0.2) is 51.7 Å². The Labute approximate surface area is 147 Å². The summed E-state index contributed by atoms with van der Waals surface area (Å²) in [7, 11) is 1.57. The van der Waals surface area contributed by atoms with Crippen LogP contribution in [0.1, 0.15) is 0 Å². The first-order chi connectivity index (χ1) is 12.2. The molecule has 0 saturated carbocycles. The van der Waals surface area contributed by atoms with Crippen LogP contribution in [0.2, 0.25) is 0 Å². The second-order valence-electron chi connectivity index (χ2n) is 5.13. The molecule has 0 fully saturated rings. The molecule has 8 nitrogen and oxygen atoms in total. The maximum Gasteiger partial charge on any atom is 0.262 e. The quantitative estimate of drug-likeness (QED) is 0.370. The van der Waals surface area contributed by atoms with E-state index in [9.17, 15) is 9.59 Å². The number of amides is 1. The van der Waals surface area contributed by atoms with Crippen LogP contribution < -0.4 is 10.9 Å². The molecule has 0 aliphatic heterocycles. The third-order valence-electron chi connectivity index (χ3n) is 3.39. The number of H-pyrrole nitrogens is 1. The zero-order chi connectivity index (χ0) is 17.6. The molecule has 0 radical (unpaired) electrons. The van der Waals surface area contributed by atoms with Gasteiger partial charge in [-0.2, -0.15) is 5.10 Å². The van der Waals surface area contributed by atoms with Gasteiger partial charge in [0.2, 0.25) is 5.91 Å². The number of para-hydroxylation sites is 1. The van der Waals surface area contributed by atoms with Gasteiger partial charge in [-0.25, -0.2) is 9.67 Å². The molecule has 9 heteroatoms. The summed E-state index contributed by atoms with van der Waals surface area (Å²) in [6, 6.07) is 9.43. The summed E-state index contributed by atoms with van der Waals surface area (Å²) in [4.78, 5) is 31.1. The molecule has 3 aromatic rings. The van der Waals surface area contributed by atoms with Gasteiger partial charge in [-0.1, -0.05) is 30.0 Å². The van der Waals surface area contributed by atoms with Gasteiger partial charge in [-0.3, -0.25) is 9.59 Å². The number of methoxy groups -OCH3 is 1. The lowest BCUT2D eigenvalue weighted by Crippen LogP contribution is -2.28. The predicted octanol–water partition coefficient (Wildman–Crippen LogP) is 0.963. The van der Waals surface area contributed by atoms with Gasteiger partial charge in [0, 0.05) is 13.7 Å². The largest absolute Gasteiger partial charge is 0.383 e. The molecular weight excluding hydrogens is 342 g/mol. The molecular formula is C16H17N5O3S. The molecule has 0 bridgehead atoms. The van der Waals surface area contributed by atoms with E-state index in [1.54, 1.807) is 11.8 Å². The number of carbonyl (C=O) groups excluding carboxylic acids is 1. The number of fused-ring (bicyclic) bond motifs is 1. The van der Waals surface area contributed by atoms with Gasteiger partial charge >= 0.3 is 0 Å². The highest BCUT2D eigenvalue weighted by Gasteiger charge is 2.12. The van der Waals surface area contributed by atoms with Crippen molar-refractivity contribution in [3.05, 3.63) is 46.9 Å². The minimum Gasteiger partial charge on any atom is -0.383 e. The molecule has 0 aliphatic rings. The normalized spacial score (nSPS) is 10.9. The molecule has 130 valence electrons. The SMILES string of the molecule is COCCNC(=O)CSc1nc2c(cnn2-c2ccccc2)c(=O)[nH]1. The highest BCUT2D eigenvalue weighted by Crippen LogP contribution is 2.17. The highest BCUT2D eigenvalue weighted by atomic mass is 32.2. The van der Waals surface area contributed by atoms with Crippen LogP contribution in [0.15, 0.2) is 46.5 Å². The van der Waals surface area contributed by atoms with E-state index in [0.717, 1.165) is 17.4 Å². The number of nitrogens with zero attached hydrogens (tertiary/aromatic N) is 3. The number of aromatic amines is 1. The predicted molar refractivity (Wildman–Crippen MR) is 95.1 cm³/mol. The van der Waals surface area contributed by atoms with E-state index in [4.69, 9.17) is 4.74 Å². The van der Waals surface area contributed by atoms with Crippen molar-refractivity contribution in [1.29, 1.82) is 0 Å². The second kappa shape index (κ2) is 7.95. The first-order valence-corrected chi connectivity index (χ1v) is 8.59. The van der Waals surface area contributed by atoms with Gasteiger partial charge in [-0.15, -0.1) is 0 Å². The molecule has 2 heterocycles. The molecule has 2 aromatic heterocycles. The minimum atomic E-state index is -0.283. The summed E-state index contributed by atoms with van der Waals surface area (Å²) >= 11 is 1.16. The van der Waals surface area contributed by atoms with Crippen LogP contribution in [0.5, 0.6) is 0 Å². The van der Waals surface area contributed by atoms with E-state index in [-0.39, 0.29) is 17.2 Å². The second-order valence-corrected chi connectivity index (χ2v) is 6.10. The van der Waals surface area contributed by atoms with Crippen molar-refractivity contribution in [1.82, 2.24) is 25.1 Å². The zero-order valence-corrected chi connectivity index (χ0v) is 14.4. The van der Waals surface area contributed by atoms with E-state index < -0.39 is 0 Å². The van der Waals surface area contributed by atoms with E-state index in [1.807, 2.05) is 30.3 Å². The van der Waals surface area contributed by atoms with E-state index >= 15 is 0 Å². The summed E-state index contributed by atoms with van der Waals surface area (Å²) in [6.07, 6.45) is 1.49. The number of thioether (sulfide) groups is 1. The average molecular weight is 359 g/mol. The number of rotatable bonds is 7. The van der Waals surface area contributed by atoms with Crippen LogP contribution in [0, 0.1) is 0 Å². The van der Waals surface area contributed by atoms with E-state index in [2.05, 4.69) is 20.4 Å². The Morgan fingerprint density at radius 2 is 2.16 bits per heavy atom. The lowest BCUT2D eigenvalue weighted by atomic mass is 10.3. The van der Waals surface area contributed by atoms with Crippen LogP contribution in [0.3, 0.4) is 0 Å². The lowest BCUT2D eigenvalue weighted by molar-refractivity contribution is -0.118. The Kier molecular flexibility index (Phi) is 5.46. The average Bonchev–Trinajstić information content (AvgIpc) is 3.05. The lowest BCUT2D eigenvalue weighted by Gasteiger charge is -2.05. The van der Waals surface area contributed by atoms with Gasteiger partial charge in [0.25, 0.3) is 5.56 Å². The van der Waals surface area contributed by atoms with Gasteiger partial charge in [0.1, 0.15) is 5.39 Å². The van der Waals surface area contributed by atoms with Crippen LogP contribution >= 0.6 is 11.8 Å². The standard InChI is InChI=1S/C16H17N5O3S/c1-24-8-7-17-13(22)10-25-16-19-14-12(15(23)20-16)9-18-21(14)11-5-3-2-4-6-11/h2-6,9H,7-8,10H2,1H3,(H,17,22)(H,19,20,23). The Bertz CT molecular complexity index is 922. The van der Waals surface area contributed by atoms with Crippen molar-refractivity contribution in [3.8, 4) is 5.69 Å². The zero-order valence-electron chi connectivity index (χ0n) is 13.6. The van der Waals surface area contributed by atoms with Crippen LogP contribution in [-0.2, 0) is 9.53 Å². The third-order valence-corrected chi connectivity index (χ3v) is 4.26. The molecule has 1 aromatic carbocycles. The Hall–Kier alpha value is -2.65. The minimum absolute atomic E-state index is 0.150.